The number of aliphatic hydroxyl groups excluding tert-OH is 1. The standard InChI is InChI=1S/C24H23ClF4N4O5S/c25-20-7-15(10-33(20)9-13-2-1-3-17(4-13)24(27,28)29)22(34)18-8-31-12-32-19(18)6-14-5-16(23(35)21(14)26)11-38-39(30,36)37/h1-4,7-8,10,12,14,16,21,23,35H,5-6,9,11H2,(H2,30,36,37)/t14-,16+,21+,23+/m0/s1. The summed E-state index contributed by atoms with van der Waals surface area (Å²) < 4.78 is 82.0. The van der Waals surface area contributed by atoms with Gasteiger partial charge in [0.2, 0.25) is 0 Å². The monoisotopic (exact) mass is 590 g/mol. The third-order valence-electron chi connectivity index (χ3n) is 6.52. The zero-order valence-corrected chi connectivity index (χ0v) is 21.6. The van der Waals surface area contributed by atoms with Crippen molar-refractivity contribution in [3.05, 3.63) is 82.2 Å². The Kier molecular flexibility index (Phi) is 8.42. The molecule has 1 aromatic carbocycles. The lowest BCUT2D eigenvalue weighted by atomic mass is 9.95. The summed E-state index contributed by atoms with van der Waals surface area (Å²) in [6.45, 7) is -0.524. The van der Waals surface area contributed by atoms with Crippen LogP contribution in [0.2, 0.25) is 5.15 Å². The van der Waals surface area contributed by atoms with E-state index in [1.165, 1.54) is 41.5 Å². The number of halogens is 5. The molecule has 0 amide bonds. The minimum Gasteiger partial charge on any atom is -0.390 e. The molecule has 1 saturated carbocycles. The largest absolute Gasteiger partial charge is 0.416 e. The second kappa shape index (κ2) is 11.3. The van der Waals surface area contributed by atoms with Gasteiger partial charge in [-0.15, -0.1) is 0 Å². The molecule has 3 aromatic rings. The van der Waals surface area contributed by atoms with Crippen LogP contribution in [0.25, 0.3) is 0 Å². The topological polar surface area (TPSA) is 137 Å². The first kappa shape index (κ1) is 29.1. The fraction of sp³-hybridized carbons (Fsp3) is 0.375. The van der Waals surface area contributed by atoms with Gasteiger partial charge in [-0.05, 0) is 42.5 Å². The van der Waals surface area contributed by atoms with Gasteiger partial charge in [-0.2, -0.15) is 21.6 Å². The van der Waals surface area contributed by atoms with E-state index in [2.05, 4.69) is 14.2 Å². The van der Waals surface area contributed by atoms with Crippen LogP contribution >= 0.6 is 11.6 Å². The summed E-state index contributed by atoms with van der Waals surface area (Å²) in [5, 5.41) is 15.1. The van der Waals surface area contributed by atoms with Gasteiger partial charge >= 0.3 is 16.5 Å². The third kappa shape index (κ3) is 7.00. The average molecular weight is 591 g/mol. The fourth-order valence-electron chi connectivity index (χ4n) is 4.62. The van der Waals surface area contributed by atoms with Gasteiger partial charge in [0.25, 0.3) is 0 Å². The van der Waals surface area contributed by atoms with Crippen LogP contribution in [0.4, 0.5) is 17.6 Å². The number of benzene rings is 1. The van der Waals surface area contributed by atoms with Crippen molar-refractivity contribution >= 4 is 27.7 Å². The normalized spacial score (nSPS) is 21.8. The quantitative estimate of drug-likeness (QED) is 0.288. The van der Waals surface area contributed by atoms with E-state index in [0.29, 0.717) is 5.56 Å². The van der Waals surface area contributed by atoms with Gasteiger partial charge in [-0.25, -0.2) is 19.5 Å². The third-order valence-corrected chi connectivity index (χ3v) is 7.31. The summed E-state index contributed by atoms with van der Waals surface area (Å²) in [4.78, 5) is 21.3. The molecule has 39 heavy (non-hydrogen) atoms. The van der Waals surface area contributed by atoms with E-state index in [-0.39, 0.29) is 41.4 Å². The van der Waals surface area contributed by atoms with Gasteiger partial charge in [-0.3, -0.25) is 8.98 Å². The Morgan fingerprint density at radius 2 is 2.00 bits per heavy atom. The number of nitrogens with zero attached hydrogens (tertiary/aromatic N) is 3. The second-order valence-electron chi connectivity index (χ2n) is 9.26. The van der Waals surface area contributed by atoms with Crippen molar-refractivity contribution in [1.29, 1.82) is 0 Å². The van der Waals surface area contributed by atoms with Crippen molar-refractivity contribution in [2.24, 2.45) is 17.0 Å². The predicted octanol–water partition coefficient (Wildman–Crippen LogP) is 3.33. The summed E-state index contributed by atoms with van der Waals surface area (Å²) in [5.41, 5.74) is -0.126. The van der Waals surface area contributed by atoms with Crippen LogP contribution in [-0.4, -0.2) is 52.7 Å². The van der Waals surface area contributed by atoms with Crippen LogP contribution in [0.3, 0.4) is 0 Å². The van der Waals surface area contributed by atoms with Gasteiger partial charge in [0.15, 0.2) is 5.78 Å². The Morgan fingerprint density at radius 1 is 1.26 bits per heavy atom. The highest BCUT2D eigenvalue weighted by Crippen LogP contribution is 2.37. The Labute approximate surface area is 225 Å². The zero-order valence-electron chi connectivity index (χ0n) is 20.1. The van der Waals surface area contributed by atoms with E-state index in [1.807, 2.05) is 0 Å². The van der Waals surface area contributed by atoms with Crippen molar-refractivity contribution in [1.82, 2.24) is 14.5 Å². The number of ketones is 1. The SMILES string of the molecule is NS(=O)(=O)OC[C@H]1C[C@@H](Cc2ncncc2C(=O)c2cc(Cl)n(Cc3cccc(C(F)(F)F)c3)c2)[C@@H](F)[C@@H]1O. The molecule has 1 aliphatic carbocycles. The van der Waals surface area contributed by atoms with Gasteiger partial charge in [0.1, 0.15) is 17.7 Å². The van der Waals surface area contributed by atoms with Crippen LogP contribution in [0.1, 0.15) is 39.2 Å². The zero-order chi connectivity index (χ0) is 28.5. The van der Waals surface area contributed by atoms with Crippen LogP contribution in [-0.2, 0) is 33.6 Å². The number of hydrogen-bond acceptors (Lipinski definition) is 7. The first-order valence-electron chi connectivity index (χ1n) is 11.6. The molecule has 210 valence electrons. The van der Waals surface area contributed by atoms with E-state index < -0.39 is 58.5 Å². The maximum Gasteiger partial charge on any atom is 0.416 e. The second-order valence-corrected chi connectivity index (χ2v) is 10.9. The highest BCUT2D eigenvalue weighted by atomic mass is 35.5. The lowest BCUT2D eigenvalue weighted by Crippen LogP contribution is -2.29. The molecule has 2 heterocycles. The van der Waals surface area contributed by atoms with Crippen LogP contribution < -0.4 is 5.14 Å². The van der Waals surface area contributed by atoms with Crippen molar-refractivity contribution in [3.8, 4) is 0 Å². The first-order valence-corrected chi connectivity index (χ1v) is 13.4. The molecule has 0 spiro atoms. The number of hydrogen-bond donors (Lipinski definition) is 2. The summed E-state index contributed by atoms with van der Waals surface area (Å²) >= 11 is 6.26. The minimum absolute atomic E-state index is 0.0281. The summed E-state index contributed by atoms with van der Waals surface area (Å²) in [7, 11) is -4.27. The van der Waals surface area contributed by atoms with Crippen LogP contribution in [0.5, 0.6) is 0 Å². The molecule has 9 nitrogen and oxygen atoms in total. The van der Waals surface area contributed by atoms with E-state index in [9.17, 15) is 35.9 Å². The summed E-state index contributed by atoms with van der Waals surface area (Å²) in [6, 6.07) is 6.07. The summed E-state index contributed by atoms with van der Waals surface area (Å²) in [5.74, 6) is -2.18. The van der Waals surface area contributed by atoms with E-state index in [4.69, 9.17) is 16.7 Å². The van der Waals surface area contributed by atoms with Crippen LogP contribution in [0.15, 0.2) is 49.1 Å². The van der Waals surface area contributed by atoms with E-state index in [0.717, 1.165) is 12.1 Å². The molecule has 0 aliphatic heterocycles. The van der Waals surface area contributed by atoms with E-state index in [1.54, 1.807) is 0 Å². The van der Waals surface area contributed by atoms with Crippen molar-refractivity contribution < 1.29 is 40.1 Å². The highest BCUT2D eigenvalue weighted by molar-refractivity contribution is 7.84. The molecular weight excluding hydrogens is 568 g/mol. The van der Waals surface area contributed by atoms with Gasteiger partial charge in [0.05, 0.1) is 29.5 Å². The highest BCUT2D eigenvalue weighted by Gasteiger charge is 2.43. The Hall–Kier alpha value is -2.91. The molecule has 1 aliphatic rings. The Balaban J connectivity index is 1.51. The Morgan fingerprint density at radius 3 is 2.69 bits per heavy atom. The lowest BCUT2D eigenvalue weighted by molar-refractivity contribution is -0.137. The smallest absolute Gasteiger partial charge is 0.390 e. The molecule has 2 aromatic heterocycles. The van der Waals surface area contributed by atoms with Crippen molar-refractivity contribution in [2.45, 2.75) is 37.8 Å². The molecule has 4 rings (SSSR count). The molecule has 1 fully saturated rings. The maximum atomic E-state index is 14.9. The molecule has 0 unspecified atom stereocenters. The number of nitrogens with two attached hydrogens (primary N) is 1. The number of aromatic nitrogens is 3. The molecular formula is C24H23ClF4N4O5S. The minimum atomic E-state index is -4.51. The number of alkyl halides is 4. The molecule has 15 heteroatoms. The predicted molar refractivity (Wildman–Crippen MR) is 131 cm³/mol. The molecule has 0 saturated heterocycles. The number of carbonyl (C=O) groups excluding carboxylic acids is 1. The Bertz CT molecular complexity index is 1470. The van der Waals surface area contributed by atoms with Crippen molar-refractivity contribution in [2.75, 3.05) is 6.61 Å². The van der Waals surface area contributed by atoms with E-state index >= 15 is 0 Å². The maximum absolute atomic E-state index is 14.9. The fourth-order valence-corrected chi connectivity index (χ4v) is 5.21. The lowest BCUT2D eigenvalue weighted by Gasteiger charge is -2.15. The van der Waals surface area contributed by atoms with Crippen molar-refractivity contribution in [3.63, 3.8) is 0 Å². The molecule has 3 N–H and O–H groups in total. The summed E-state index contributed by atoms with van der Waals surface area (Å²) in [6.07, 6.45) is -3.94. The first-order chi connectivity index (χ1) is 18.2. The average Bonchev–Trinajstić information content (AvgIpc) is 3.36. The van der Waals surface area contributed by atoms with Gasteiger partial charge < -0.3 is 9.67 Å². The van der Waals surface area contributed by atoms with Crippen LogP contribution in [0, 0.1) is 11.8 Å². The molecule has 0 bridgehead atoms. The number of aliphatic hydroxyl groups is 1. The number of rotatable bonds is 9. The molecule has 4 atom stereocenters. The van der Waals surface area contributed by atoms with Gasteiger partial charge in [0, 0.05) is 30.4 Å². The molecule has 0 radical (unpaired) electrons. The number of carbonyl (C=O) groups is 1. The van der Waals surface area contributed by atoms with Gasteiger partial charge in [-0.1, -0.05) is 23.7 Å².